The lowest BCUT2D eigenvalue weighted by Gasteiger charge is -2.36. The van der Waals surface area contributed by atoms with E-state index in [0.717, 1.165) is 11.9 Å². The molecule has 8 nitrogen and oxygen atoms in total. The predicted molar refractivity (Wildman–Crippen MR) is 114 cm³/mol. The van der Waals surface area contributed by atoms with E-state index >= 15 is 0 Å². The molecule has 154 valence electrons. The van der Waals surface area contributed by atoms with Crippen molar-refractivity contribution < 1.29 is 18.0 Å². The van der Waals surface area contributed by atoms with Crippen LogP contribution in [0.4, 0.5) is 17.1 Å². The van der Waals surface area contributed by atoms with Crippen molar-refractivity contribution >= 4 is 38.9 Å². The lowest BCUT2D eigenvalue weighted by atomic mass is 10.1. The molecule has 2 aromatic rings. The topological polar surface area (TPSA) is 98.8 Å². The third-order valence-electron chi connectivity index (χ3n) is 4.55. The van der Waals surface area contributed by atoms with E-state index in [1.807, 2.05) is 30.3 Å². The SMILES string of the molecule is CC(=O)Nc1ccc(NS(C)(=O)=O)c(C(=O)N2CCN(c3ccccc3)CC2)c1. The van der Waals surface area contributed by atoms with Crippen LogP contribution in [0.3, 0.4) is 0 Å². The summed E-state index contributed by atoms with van der Waals surface area (Å²) in [4.78, 5) is 28.4. The fourth-order valence-electron chi connectivity index (χ4n) is 3.27. The van der Waals surface area contributed by atoms with Gasteiger partial charge in [-0.1, -0.05) is 18.2 Å². The molecule has 2 amide bonds. The molecule has 1 aliphatic heterocycles. The molecule has 0 aliphatic carbocycles. The van der Waals surface area contributed by atoms with Gasteiger partial charge >= 0.3 is 0 Å². The number of para-hydroxylation sites is 1. The predicted octanol–water partition coefficient (Wildman–Crippen LogP) is 1.98. The van der Waals surface area contributed by atoms with Crippen molar-refractivity contribution in [2.45, 2.75) is 6.92 Å². The first-order valence-corrected chi connectivity index (χ1v) is 11.1. The molecule has 1 saturated heterocycles. The molecule has 0 atom stereocenters. The van der Waals surface area contributed by atoms with Crippen LogP contribution in [0, 0.1) is 0 Å². The van der Waals surface area contributed by atoms with E-state index in [1.54, 1.807) is 11.0 Å². The first-order valence-electron chi connectivity index (χ1n) is 9.21. The Hall–Kier alpha value is -3.07. The first kappa shape index (κ1) is 20.7. The van der Waals surface area contributed by atoms with E-state index in [4.69, 9.17) is 0 Å². The zero-order chi connectivity index (χ0) is 21.0. The molecule has 0 bridgehead atoms. The van der Waals surface area contributed by atoms with E-state index in [0.29, 0.717) is 31.9 Å². The van der Waals surface area contributed by atoms with Crippen LogP contribution >= 0.6 is 0 Å². The summed E-state index contributed by atoms with van der Waals surface area (Å²) in [6.45, 7) is 3.74. The molecule has 2 N–H and O–H groups in total. The molecule has 2 aromatic carbocycles. The Labute approximate surface area is 170 Å². The zero-order valence-electron chi connectivity index (χ0n) is 16.4. The highest BCUT2D eigenvalue weighted by molar-refractivity contribution is 7.92. The van der Waals surface area contributed by atoms with E-state index < -0.39 is 10.0 Å². The van der Waals surface area contributed by atoms with Gasteiger partial charge in [-0.2, -0.15) is 0 Å². The smallest absolute Gasteiger partial charge is 0.256 e. The Kier molecular flexibility index (Phi) is 6.07. The Bertz CT molecular complexity index is 1000. The highest BCUT2D eigenvalue weighted by Gasteiger charge is 2.25. The number of anilines is 3. The van der Waals surface area contributed by atoms with Crippen LogP contribution < -0.4 is 14.9 Å². The minimum absolute atomic E-state index is 0.192. The number of carbonyl (C=O) groups is 2. The summed E-state index contributed by atoms with van der Waals surface area (Å²) in [5.74, 6) is -0.556. The number of amides is 2. The lowest BCUT2D eigenvalue weighted by molar-refractivity contribution is -0.114. The molecule has 0 aromatic heterocycles. The molecule has 0 radical (unpaired) electrons. The van der Waals surface area contributed by atoms with Crippen LogP contribution in [-0.4, -0.2) is 57.6 Å². The van der Waals surface area contributed by atoms with Crippen molar-refractivity contribution in [1.29, 1.82) is 0 Å². The van der Waals surface area contributed by atoms with Crippen molar-refractivity contribution in [1.82, 2.24) is 4.90 Å². The highest BCUT2D eigenvalue weighted by Crippen LogP contribution is 2.25. The second-order valence-electron chi connectivity index (χ2n) is 6.93. The second-order valence-corrected chi connectivity index (χ2v) is 8.68. The standard InChI is InChI=1S/C20H24N4O4S/c1-15(25)21-16-8-9-19(22-29(2,27)28)18(14-16)20(26)24-12-10-23(11-13-24)17-6-4-3-5-7-17/h3-9,14,22H,10-13H2,1-2H3,(H,21,25). The summed E-state index contributed by atoms with van der Waals surface area (Å²) in [5, 5.41) is 2.63. The fourth-order valence-corrected chi connectivity index (χ4v) is 3.85. The van der Waals surface area contributed by atoms with Gasteiger partial charge in [-0.25, -0.2) is 8.42 Å². The number of nitrogens with zero attached hydrogens (tertiary/aromatic N) is 2. The molecule has 29 heavy (non-hydrogen) atoms. The summed E-state index contributed by atoms with van der Waals surface area (Å²) < 4.78 is 25.8. The van der Waals surface area contributed by atoms with Crippen LogP contribution in [0.2, 0.25) is 0 Å². The minimum Gasteiger partial charge on any atom is -0.368 e. The van der Waals surface area contributed by atoms with Gasteiger partial charge in [0, 0.05) is 44.5 Å². The van der Waals surface area contributed by atoms with Crippen molar-refractivity contribution in [3.63, 3.8) is 0 Å². The lowest BCUT2D eigenvalue weighted by Crippen LogP contribution is -2.49. The van der Waals surface area contributed by atoms with Crippen LogP contribution in [0.1, 0.15) is 17.3 Å². The number of sulfonamides is 1. The van der Waals surface area contributed by atoms with Gasteiger partial charge < -0.3 is 15.1 Å². The van der Waals surface area contributed by atoms with Crippen molar-refractivity contribution in [2.75, 3.05) is 47.4 Å². The van der Waals surface area contributed by atoms with Crippen molar-refractivity contribution in [2.24, 2.45) is 0 Å². The molecule has 1 heterocycles. The van der Waals surface area contributed by atoms with E-state index in [2.05, 4.69) is 14.9 Å². The number of hydrogen-bond donors (Lipinski definition) is 2. The van der Waals surface area contributed by atoms with Gasteiger partial charge in [-0.05, 0) is 30.3 Å². The van der Waals surface area contributed by atoms with Gasteiger partial charge in [0.05, 0.1) is 17.5 Å². The quantitative estimate of drug-likeness (QED) is 0.777. The van der Waals surface area contributed by atoms with Gasteiger partial charge in [-0.15, -0.1) is 0 Å². The largest absolute Gasteiger partial charge is 0.368 e. The molecule has 3 rings (SSSR count). The van der Waals surface area contributed by atoms with Crippen LogP contribution in [-0.2, 0) is 14.8 Å². The third-order valence-corrected chi connectivity index (χ3v) is 5.14. The zero-order valence-corrected chi connectivity index (χ0v) is 17.2. The van der Waals surface area contributed by atoms with Crippen molar-refractivity contribution in [3.05, 3.63) is 54.1 Å². The van der Waals surface area contributed by atoms with Gasteiger partial charge in [0.25, 0.3) is 5.91 Å². The number of hydrogen-bond acceptors (Lipinski definition) is 5. The molecular weight excluding hydrogens is 392 g/mol. The van der Waals surface area contributed by atoms with E-state index in [9.17, 15) is 18.0 Å². The molecule has 1 aliphatic rings. The Morgan fingerprint density at radius 1 is 0.966 bits per heavy atom. The Morgan fingerprint density at radius 3 is 2.21 bits per heavy atom. The summed E-state index contributed by atoms with van der Waals surface area (Å²) in [6.07, 6.45) is 1.03. The van der Waals surface area contributed by atoms with Crippen LogP contribution in [0.5, 0.6) is 0 Å². The molecule has 9 heteroatoms. The number of carbonyl (C=O) groups excluding carboxylic acids is 2. The summed E-state index contributed by atoms with van der Waals surface area (Å²) in [5.41, 5.74) is 1.93. The maximum atomic E-state index is 13.1. The van der Waals surface area contributed by atoms with E-state index in [-0.39, 0.29) is 23.1 Å². The van der Waals surface area contributed by atoms with Crippen LogP contribution in [0.15, 0.2) is 48.5 Å². The Morgan fingerprint density at radius 2 is 1.62 bits per heavy atom. The average molecular weight is 417 g/mol. The molecule has 0 saturated carbocycles. The second kappa shape index (κ2) is 8.52. The number of benzene rings is 2. The summed E-state index contributed by atoms with van der Waals surface area (Å²) >= 11 is 0. The maximum absolute atomic E-state index is 13.1. The summed E-state index contributed by atoms with van der Waals surface area (Å²) in [7, 11) is -3.56. The van der Waals surface area contributed by atoms with Gasteiger partial charge in [0.15, 0.2) is 0 Å². The Balaban J connectivity index is 1.80. The molecule has 1 fully saturated rings. The molecule has 0 unspecified atom stereocenters. The third kappa shape index (κ3) is 5.47. The van der Waals surface area contributed by atoms with E-state index in [1.165, 1.54) is 19.1 Å². The van der Waals surface area contributed by atoms with Gasteiger partial charge in [-0.3, -0.25) is 14.3 Å². The average Bonchev–Trinajstić information content (AvgIpc) is 2.68. The minimum atomic E-state index is -3.56. The molecular formula is C20H24N4O4S. The summed E-state index contributed by atoms with van der Waals surface area (Å²) in [6, 6.07) is 14.5. The molecule has 0 spiro atoms. The normalized spacial score (nSPS) is 14.4. The number of nitrogens with one attached hydrogen (secondary N) is 2. The monoisotopic (exact) mass is 416 g/mol. The highest BCUT2D eigenvalue weighted by atomic mass is 32.2. The number of rotatable bonds is 5. The maximum Gasteiger partial charge on any atom is 0.256 e. The van der Waals surface area contributed by atoms with Gasteiger partial charge in [0.1, 0.15) is 0 Å². The van der Waals surface area contributed by atoms with Crippen molar-refractivity contribution in [3.8, 4) is 0 Å². The van der Waals surface area contributed by atoms with Gasteiger partial charge in [0.2, 0.25) is 15.9 Å². The fraction of sp³-hybridized carbons (Fsp3) is 0.300. The first-order chi connectivity index (χ1) is 13.7. The van der Waals surface area contributed by atoms with Crippen LogP contribution in [0.25, 0.3) is 0 Å². The number of piperazine rings is 1.